The van der Waals surface area contributed by atoms with E-state index in [4.69, 9.17) is 0 Å². The standard InChI is InChI=1S/C26H30N8O6S/c1-16(33-10-6-5-9-18(26(33)40)28-25(39)20-14-41-15-27-20)24(38)29-19(12-23(36)37)21(35)13-34-22(30-31-32-34)11-17-7-3-2-4-8-17/h2-4,7-8,14-16,18-19H,5-6,9-13H2,1H3,(H,28,39)(H,29,38)(H,36,37). The molecular formula is C26H30N8O6S. The summed E-state index contributed by atoms with van der Waals surface area (Å²) in [7, 11) is 0. The van der Waals surface area contributed by atoms with Crippen molar-refractivity contribution in [2.24, 2.45) is 0 Å². The Bertz CT molecular complexity index is 1380. The highest BCUT2D eigenvalue weighted by Crippen LogP contribution is 2.16. The molecule has 216 valence electrons. The number of rotatable bonds is 12. The number of amides is 3. The van der Waals surface area contributed by atoms with Crippen molar-refractivity contribution in [3.63, 3.8) is 0 Å². The highest BCUT2D eigenvalue weighted by Gasteiger charge is 2.35. The smallest absolute Gasteiger partial charge is 0.305 e. The number of hydrogen-bond acceptors (Lipinski definition) is 10. The first-order chi connectivity index (χ1) is 19.7. The SMILES string of the molecule is CC(C(=O)NC(CC(=O)O)C(=O)Cn1nnnc1Cc1ccccc1)N1CCCCC(NC(=O)c2cscn2)C1=O. The van der Waals surface area contributed by atoms with Gasteiger partial charge < -0.3 is 20.6 Å². The van der Waals surface area contributed by atoms with Crippen molar-refractivity contribution in [1.29, 1.82) is 0 Å². The number of benzene rings is 1. The highest BCUT2D eigenvalue weighted by molar-refractivity contribution is 7.07. The molecule has 3 N–H and O–H groups in total. The quantitative estimate of drug-likeness (QED) is 0.270. The van der Waals surface area contributed by atoms with Gasteiger partial charge in [0, 0.05) is 18.3 Å². The van der Waals surface area contributed by atoms with Crippen LogP contribution in [0.2, 0.25) is 0 Å². The molecule has 3 heterocycles. The molecule has 15 heteroatoms. The Morgan fingerprint density at radius 1 is 1.17 bits per heavy atom. The Morgan fingerprint density at radius 2 is 1.95 bits per heavy atom. The van der Waals surface area contributed by atoms with Crippen molar-refractivity contribution in [3.05, 3.63) is 58.3 Å². The second-order valence-corrected chi connectivity index (χ2v) is 10.4. The molecule has 1 saturated heterocycles. The number of hydrogen-bond donors (Lipinski definition) is 3. The third-order valence-corrected chi connectivity index (χ3v) is 7.33. The van der Waals surface area contributed by atoms with Crippen LogP contribution in [0.4, 0.5) is 0 Å². The largest absolute Gasteiger partial charge is 0.481 e. The fraction of sp³-hybridized carbons (Fsp3) is 0.423. The fourth-order valence-electron chi connectivity index (χ4n) is 4.50. The van der Waals surface area contributed by atoms with Gasteiger partial charge in [-0.3, -0.25) is 24.0 Å². The number of aromatic nitrogens is 5. The predicted octanol–water partition coefficient (Wildman–Crippen LogP) is 0.449. The number of tetrazole rings is 1. The van der Waals surface area contributed by atoms with Crippen LogP contribution >= 0.6 is 11.3 Å². The predicted molar refractivity (Wildman–Crippen MR) is 145 cm³/mol. The van der Waals surface area contributed by atoms with Gasteiger partial charge in [0.15, 0.2) is 11.6 Å². The first kappa shape index (κ1) is 29.5. The molecular weight excluding hydrogens is 552 g/mol. The Balaban J connectivity index is 1.42. The number of nitrogens with zero attached hydrogens (tertiary/aromatic N) is 6. The molecule has 0 aliphatic carbocycles. The van der Waals surface area contributed by atoms with Crippen molar-refractivity contribution in [2.75, 3.05) is 6.54 Å². The van der Waals surface area contributed by atoms with Gasteiger partial charge in [-0.2, -0.15) is 0 Å². The number of thiazole rings is 1. The molecule has 3 aromatic rings. The third kappa shape index (κ3) is 7.78. The summed E-state index contributed by atoms with van der Waals surface area (Å²) >= 11 is 1.26. The van der Waals surface area contributed by atoms with E-state index in [1.54, 1.807) is 5.38 Å². The number of carboxylic acids is 1. The van der Waals surface area contributed by atoms with Crippen LogP contribution in [0.1, 0.15) is 54.5 Å². The van der Waals surface area contributed by atoms with Crippen LogP contribution in [-0.4, -0.2) is 89.3 Å². The van der Waals surface area contributed by atoms with Crippen LogP contribution in [0.3, 0.4) is 0 Å². The Labute approximate surface area is 239 Å². The molecule has 3 amide bonds. The highest BCUT2D eigenvalue weighted by atomic mass is 32.1. The average Bonchev–Trinajstić information content (AvgIpc) is 3.61. The molecule has 4 rings (SSSR count). The summed E-state index contributed by atoms with van der Waals surface area (Å²) in [4.78, 5) is 69.1. The summed E-state index contributed by atoms with van der Waals surface area (Å²) in [6, 6.07) is 6.11. The number of ketones is 1. The van der Waals surface area contributed by atoms with Gasteiger partial charge in [-0.15, -0.1) is 16.4 Å². The van der Waals surface area contributed by atoms with Crippen molar-refractivity contribution in [3.8, 4) is 0 Å². The number of nitrogens with one attached hydrogen (secondary N) is 2. The van der Waals surface area contributed by atoms with Crippen LogP contribution < -0.4 is 10.6 Å². The molecule has 1 fully saturated rings. The Morgan fingerprint density at radius 3 is 2.66 bits per heavy atom. The lowest BCUT2D eigenvalue weighted by Crippen LogP contribution is -2.56. The van der Waals surface area contributed by atoms with Gasteiger partial charge in [-0.1, -0.05) is 30.3 Å². The fourth-order valence-corrected chi connectivity index (χ4v) is 5.03. The van der Waals surface area contributed by atoms with E-state index in [0.717, 1.165) is 5.56 Å². The molecule has 0 bridgehead atoms. The first-order valence-electron chi connectivity index (χ1n) is 13.1. The lowest BCUT2D eigenvalue weighted by atomic mass is 10.1. The van der Waals surface area contributed by atoms with E-state index in [2.05, 4.69) is 31.1 Å². The number of likely N-dealkylation sites (tertiary alicyclic amines) is 1. The molecule has 1 aliphatic rings. The maximum absolute atomic E-state index is 13.3. The van der Waals surface area contributed by atoms with Crippen LogP contribution in [-0.2, 0) is 32.1 Å². The number of carboxylic acid groups (broad SMARTS) is 1. The monoisotopic (exact) mass is 582 g/mol. The minimum atomic E-state index is -1.38. The van der Waals surface area contributed by atoms with Crippen LogP contribution in [0.25, 0.3) is 0 Å². The summed E-state index contributed by atoms with van der Waals surface area (Å²) in [6.07, 6.45) is 1.35. The number of aliphatic carboxylic acids is 1. The van der Waals surface area contributed by atoms with Gasteiger partial charge in [0.05, 0.1) is 18.0 Å². The molecule has 1 aliphatic heterocycles. The van der Waals surface area contributed by atoms with Gasteiger partial charge >= 0.3 is 5.97 Å². The van der Waals surface area contributed by atoms with E-state index >= 15 is 0 Å². The van der Waals surface area contributed by atoms with E-state index in [9.17, 15) is 29.1 Å². The normalized spacial score (nSPS) is 16.9. The van der Waals surface area contributed by atoms with Gasteiger partial charge in [-0.25, -0.2) is 9.67 Å². The minimum absolute atomic E-state index is 0.203. The molecule has 3 atom stereocenters. The second kappa shape index (κ2) is 13.7. The molecule has 14 nitrogen and oxygen atoms in total. The lowest BCUT2D eigenvalue weighted by Gasteiger charge is -2.30. The summed E-state index contributed by atoms with van der Waals surface area (Å²) in [5.41, 5.74) is 2.64. The Kier molecular flexibility index (Phi) is 9.84. The molecule has 3 unspecified atom stereocenters. The minimum Gasteiger partial charge on any atom is -0.481 e. The van der Waals surface area contributed by atoms with Crippen LogP contribution in [0.5, 0.6) is 0 Å². The zero-order valence-electron chi connectivity index (χ0n) is 22.3. The average molecular weight is 583 g/mol. The zero-order chi connectivity index (χ0) is 29.4. The summed E-state index contributed by atoms with van der Waals surface area (Å²) < 4.78 is 1.27. The zero-order valence-corrected chi connectivity index (χ0v) is 23.1. The van der Waals surface area contributed by atoms with Gasteiger partial charge in [0.25, 0.3) is 5.91 Å². The van der Waals surface area contributed by atoms with Gasteiger partial charge in [0.2, 0.25) is 11.8 Å². The third-order valence-electron chi connectivity index (χ3n) is 6.74. The molecule has 0 radical (unpaired) electrons. The maximum atomic E-state index is 13.3. The lowest BCUT2D eigenvalue weighted by molar-refractivity contribution is -0.143. The topological polar surface area (TPSA) is 189 Å². The molecule has 0 spiro atoms. The van der Waals surface area contributed by atoms with Crippen molar-refractivity contribution in [1.82, 2.24) is 40.7 Å². The number of carbonyl (C=O) groups excluding carboxylic acids is 4. The van der Waals surface area contributed by atoms with Crippen molar-refractivity contribution >= 4 is 40.8 Å². The van der Waals surface area contributed by atoms with Gasteiger partial charge in [0.1, 0.15) is 24.3 Å². The maximum Gasteiger partial charge on any atom is 0.305 e. The summed E-state index contributed by atoms with van der Waals surface area (Å²) in [6.45, 7) is 1.41. The van der Waals surface area contributed by atoms with E-state index in [1.807, 2.05) is 30.3 Å². The number of carbonyl (C=O) groups is 5. The van der Waals surface area contributed by atoms with E-state index in [-0.39, 0.29) is 18.8 Å². The van der Waals surface area contributed by atoms with Crippen LogP contribution in [0.15, 0.2) is 41.2 Å². The number of Topliss-reactive ketones (excluding diaryl/α,β-unsaturated/α-hetero) is 1. The summed E-state index contributed by atoms with van der Waals surface area (Å²) in [5.74, 6) is -3.10. The van der Waals surface area contributed by atoms with E-state index < -0.39 is 54.0 Å². The van der Waals surface area contributed by atoms with E-state index in [0.29, 0.717) is 31.5 Å². The molecule has 2 aromatic heterocycles. The van der Waals surface area contributed by atoms with Crippen molar-refractivity contribution in [2.45, 2.75) is 63.7 Å². The molecule has 1 aromatic carbocycles. The molecule has 0 saturated carbocycles. The summed E-state index contributed by atoms with van der Waals surface area (Å²) in [5, 5.41) is 27.7. The first-order valence-corrected chi connectivity index (χ1v) is 14.0. The van der Waals surface area contributed by atoms with Crippen molar-refractivity contribution < 1.29 is 29.1 Å². The molecule has 41 heavy (non-hydrogen) atoms. The van der Waals surface area contributed by atoms with E-state index in [1.165, 1.54) is 33.4 Å². The van der Waals surface area contributed by atoms with Gasteiger partial charge in [-0.05, 0) is 42.2 Å². The Hall–Kier alpha value is -4.53. The second-order valence-electron chi connectivity index (χ2n) is 9.64. The van der Waals surface area contributed by atoms with Crippen LogP contribution in [0, 0.1) is 0 Å².